The lowest BCUT2D eigenvalue weighted by Crippen LogP contribution is -1.92. The van der Waals surface area contributed by atoms with Crippen molar-refractivity contribution in [2.45, 2.75) is 11.3 Å². The number of hydrogen-bond acceptors (Lipinski definition) is 4. The molecule has 2 aromatic carbocycles. The molecule has 1 heterocycles. The molecule has 0 saturated carbocycles. The molecule has 3 aromatic rings. The number of allylic oxidation sites excluding steroid dienone is 1. The van der Waals surface area contributed by atoms with Crippen LogP contribution < -0.4 is 5.32 Å². The van der Waals surface area contributed by atoms with Crippen LogP contribution in [-0.2, 0) is 6.42 Å². The Bertz CT molecular complexity index is 777. The van der Waals surface area contributed by atoms with Crippen LogP contribution in [0.5, 0.6) is 0 Å². The Morgan fingerprint density at radius 3 is 2.95 bits per heavy atom. The number of para-hydroxylation sites is 2. The zero-order chi connectivity index (χ0) is 14.7. The number of fused-ring (bicyclic) bond motifs is 1. The van der Waals surface area contributed by atoms with Gasteiger partial charge in [-0.15, -0.1) is 11.3 Å². The van der Waals surface area contributed by atoms with Crippen molar-refractivity contribution in [3.8, 4) is 0 Å². The van der Waals surface area contributed by atoms with E-state index in [1.165, 1.54) is 15.2 Å². The number of thioether (sulfide) groups is 1. The van der Waals surface area contributed by atoms with Crippen LogP contribution in [0.25, 0.3) is 10.2 Å². The summed E-state index contributed by atoms with van der Waals surface area (Å²) in [5.41, 5.74) is 5.38. The molecule has 0 atom stereocenters. The summed E-state index contributed by atoms with van der Waals surface area (Å²) in [5, 5.41) is 3.22. The first kappa shape index (κ1) is 14.2. The van der Waals surface area contributed by atoms with Crippen LogP contribution in [0.1, 0.15) is 5.56 Å². The summed E-state index contributed by atoms with van der Waals surface area (Å²) in [7, 11) is 1.94. The third-order valence-corrected chi connectivity index (χ3v) is 5.05. The van der Waals surface area contributed by atoms with E-state index in [1.54, 1.807) is 23.1 Å². The number of benzene rings is 2. The third-order valence-electron chi connectivity index (χ3n) is 3.24. The molecular weight excluding hydrogens is 296 g/mol. The number of nitrogens with zero attached hydrogens (tertiary/aromatic N) is 1. The van der Waals surface area contributed by atoms with E-state index in [2.05, 4.69) is 53.3 Å². The largest absolute Gasteiger partial charge is 0.387 e. The number of rotatable bonds is 5. The minimum atomic E-state index is 0.837. The van der Waals surface area contributed by atoms with Crippen LogP contribution in [0.2, 0.25) is 0 Å². The van der Waals surface area contributed by atoms with Gasteiger partial charge >= 0.3 is 0 Å². The normalized spacial score (nSPS) is 10.7. The molecule has 0 aliphatic heterocycles. The maximum atomic E-state index is 4.47. The summed E-state index contributed by atoms with van der Waals surface area (Å²) >= 11 is 3.40. The predicted octanol–water partition coefficient (Wildman–Crippen LogP) is 5.19. The average molecular weight is 312 g/mol. The lowest BCUT2D eigenvalue weighted by atomic mass is 10.1. The second-order valence-electron chi connectivity index (χ2n) is 4.68. The maximum Gasteiger partial charge on any atom is 0.0847 e. The molecule has 0 saturated heterocycles. The highest BCUT2D eigenvalue weighted by Crippen LogP contribution is 2.34. The van der Waals surface area contributed by atoms with Crippen molar-refractivity contribution in [3.63, 3.8) is 0 Å². The highest BCUT2D eigenvalue weighted by molar-refractivity contribution is 8.03. The molecule has 106 valence electrons. The lowest BCUT2D eigenvalue weighted by molar-refractivity contribution is 1.26. The molecule has 0 aliphatic rings. The van der Waals surface area contributed by atoms with Crippen LogP contribution in [0.4, 0.5) is 5.69 Å². The molecule has 0 radical (unpaired) electrons. The minimum Gasteiger partial charge on any atom is -0.387 e. The molecule has 1 aromatic heterocycles. The second-order valence-corrected chi connectivity index (χ2v) is 6.79. The molecule has 0 bridgehead atoms. The van der Waals surface area contributed by atoms with Crippen LogP contribution in [0, 0.1) is 0 Å². The third kappa shape index (κ3) is 3.12. The zero-order valence-corrected chi connectivity index (χ0v) is 13.4. The van der Waals surface area contributed by atoms with Gasteiger partial charge in [-0.1, -0.05) is 42.6 Å². The van der Waals surface area contributed by atoms with E-state index in [-0.39, 0.29) is 0 Å². The average Bonchev–Trinajstić information content (AvgIpc) is 2.97. The van der Waals surface area contributed by atoms with Gasteiger partial charge in [0, 0.05) is 24.1 Å². The minimum absolute atomic E-state index is 0.837. The van der Waals surface area contributed by atoms with E-state index in [4.69, 9.17) is 0 Å². The highest BCUT2D eigenvalue weighted by atomic mass is 32.2. The summed E-state index contributed by atoms with van der Waals surface area (Å²) in [6.07, 6.45) is 0.837. The van der Waals surface area contributed by atoms with Crippen LogP contribution >= 0.6 is 23.1 Å². The van der Waals surface area contributed by atoms with E-state index in [1.807, 2.05) is 18.6 Å². The standard InChI is InChI=1S/C17H16N2S2/c1-12(21-15-8-4-3-7-14(15)18-2)10-13-6-5-9-16-17(13)19-11-20-16/h3-9,11,18H,1,10H2,2H3. The van der Waals surface area contributed by atoms with Crippen molar-refractivity contribution in [2.75, 3.05) is 12.4 Å². The first-order valence-electron chi connectivity index (χ1n) is 6.71. The van der Waals surface area contributed by atoms with Gasteiger partial charge in [0.05, 0.1) is 15.7 Å². The molecule has 0 aliphatic carbocycles. The van der Waals surface area contributed by atoms with Crippen molar-refractivity contribution >= 4 is 39.0 Å². The van der Waals surface area contributed by atoms with E-state index < -0.39 is 0 Å². The topological polar surface area (TPSA) is 24.9 Å². The number of nitrogens with one attached hydrogen (secondary N) is 1. The summed E-state index contributed by atoms with van der Waals surface area (Å²) in [6, 6.07) is 14.6. The van der Waals surface area contributed by atoms with E-state index in [9.17, 15) is 0 Å². The molecule has 3 rings (SSSR count). The van der Waals surface area contributed by atoms with Gasteiger partial charge in [-0.25, -0.2) is 4.98 Å². The van der Waals surface area contributed by atoms with Crippen LogP contribution in [-0.4, -0.2) is 12.0 Å². The van der Waals surface area contributed by atoms with Gasteiger partial charge in [0.25, 0.3) is 0 Å². The van der Waals surface area contributed by atoms with E-state index >= 15 is 0 Å². The SMILES string of the molecule is C=C(Cc1cccc2scnc12)Sc1ccccc1NC. The molecule has 0 fully saturated rings. The molecular formula is C17H16N2S2. The quantitative estimate of drug-likeness (QED) is 0.657. The smallest absolute Gasteiger partial charge is 0.0847 e. The first-order valence-corrected chi connectivity index (χ1v) is 8.41. The number of hydrogen-bond donors (Lipinski definition) is 1. The van der Waals surface area contributed by atoms with Gasteiger partial charge < -0.3 is 5.32 Å². The Labute approximate surface area is 132 Å². The van der Waals surface area contributed by atoms with Gasteiger partial charge in [-0.3, -0.25) is 0 Å². The summed E-state index contributed by atoms with van der Waals surface area (Å²) in [6.45, 7) is 4.22. The van der Waals surface area contributed by atoms with E-state index in [0.29, 0.717) is 0 Å². The monoisotopic (exact) mass is 312 g/mol. The fourth-order valence-corrected chi connectivity index (χ4v) is 3.94. The molecule has 0 spiro atoms. The Kier molecular flexibility index (Phi) is 4.27. The first-order chi connectivity index (χ1) is 10.3. The number of aromatic nitrogens is 1. The Balaban J connectivity index is 1.79. The van der Waals surface area contributed by atoms with Crippen LogP contribution in [0.3, 0.4) is 0 Å². The van der Waals surface area contributed by atoms with Gasteiger partial charge in [0.15, 0.2) is 0 Å². The maximum absolute atomic E-state index is 4.47. The van der Waals surface area contributed by atoms with Gasteiger partial charge in [0.2, 0.25) is 0 Å². The molecule has 1 N–H and O–H groups in total. The molecule has 0 unspecified atom stereocenters. The molecule has 0 amide bonds. The Morgan fingerprint density at radius 2 is 2.10 bits per heavy atom. The Hall–Kier alpha value is -1.78. The van der Waals surface area contributed by atoms with Crippen molar-refractivity contribution in [1.82, 2.24) is 4.98 Å². The van der Waals surface area contributed by atoms with Gasteiger partial charge in [-0.05, 0) is 28.7 Å². The van der Waals surface area contributed by atoms with Crippen molar-refractivity contribution < 1.29 is 0 Å². The van der Waals surface area contributed by atoms with Gasteiger partial charge in [-0.2, -0.15) is 0 Å². The van der Waals surface area contributed by atoms with Crippen molar-refractivity contribution in [2.24, 2.45) is 0 Å². The fourth-order valence-electron chi connectivity index (χ4n) is 2.25. The fraction of sp³-hybridized carbons (Fsp3) is 0.118. The number of anilines is 1. The molecule has 21 heavy (non-hydrogen) atoms. The second kappa shape index (κ2) is 6.33. The summed E-state index contributed by atoms with van der Waals surface area (Å²) in [5.74, 6) is 0. The van der Waals surface area contributed by atoms with Gasteiger partial charge in [0.1, 0.15) is 0 Å². The Morgan fingerprint density at radius 1 is 1.24 bits per heavy atom. The molecule has 2 nitrogen and oxygen atoms in total. The predicted molar refractivity (Wildman–Crippen MR) is 94.3 cm³/mol. The van der Waals surface area contributed by atoms with E-state index in [0.717, 1.165) is 22.5 Å². The summed E-state index contributed by atoms with van der Waals surface area (Å²) in [4.78, 5) is 6.80. The highest BCUT2D eigenvalue weighted by Gasteiger charge is 2.08. The zero-order valence-electron chi connectivity index (χ0n) is 11.8. The van der Waals surface area contributed by atoms with Crippen molar-refractivity contribution in [1.29, 1.82) is 0 Å². The van der Waals surface area contributed by atoms with Crippen molar-refractivity contribution in [3.05, 3.63) is 65.0 Å². The lowest BCUT2D eigenvalue weighted by Gasteiger charge is -2.10. The summed E-state index contributed by atoms with van der Waals surface area (Å²) < 4.78 is 1.24. The molecule has 4 heteroatoms. The van der Waals surface area contributed by atoms with Crippen LogP contribution in [0.15, 0.2) is 64.4 Å². The number of thiazole rings is 1.